The van der Waals surface area contributed by atoms with E-state index < -0.39 is 30.1 Å². The molecule has 15 heavy (non-hydrogen) atoms. The van der Waals surface area contributed by atoms with Gasteiger partial charge in [-0.1, -0.05) is 0 Å². The maximum atomic E-state index is 10.9. The summed E-state index contributed by atoms with van der Waals surface area (Å²) in [5.41, 5.74) is 5.13. The molecule has 8 heteroatoms. The van der Waals surface area contributed by atoms with E-state index in [-0.39, 0.29) is 5.75 Å². The van der Waals surface area contributed by atoms with Crippen LogP contribution in [0.15, 0.2) is 0 Å². The summed E-state index contributed by atoms with van der Waals surface area (Å²) in [5, 5.41) is 7.64. The van der Waals surface area contributed by atoms with Gasteiger partial charge in [-0.25, -0.2) is 4.79 Å². The first-order valence-corrected chi connectivity index (χ1v) is 4.83. The summed E-state index contributed by atoms with van der Waals surface area (Å²) < 4.78 is 8.74. The van der Waals surface area contributed by atoms with Crippen LogP contribution in [-0.4, -0.2) is 40.9 Å². The van der Waals surface area contributed by atoms with Crippen LogP contribution in [0.3, 0.4) is 0 Å². The summed E-state index contributed by atoms with van der Waals surface area (Å²) in [6, 6.07) is -1.13. The summed E-state index contributed by atoms with van der Waals surface area (Å²) in [6.45, 7) is 0.685. The monoisotopic (exact) mass is 237 g/mol. The second-order valence-electron chi connectivity index (χ2n) is 2.40. The molecule has 0 aliphatic rings. The van der Waals surface area contributed by atoms with Crippen molar-refractivity contribution in [2.24, 2.45) is 5.73 Å². The van der Waals surface area contributed by atoms with Gasteiger partial charge in [0.1, 0.15) is 6.04 Å². The molecule has 0 unspecified atom stereocenters. The van der Waals surface area contributed by atoms with Crippen molar-refractivity contribution in [2.45, 2.75) is 13.0 Å². The molecule has 7 nitrogen and oxygen atoms in total. The molecule has 0 heterocycles. The predicted octanol–water partition coefficient (Wildman–Crippen LogP) is -0.211. The van der Waals surface area contributed by atoms with Crippen LogP contribution in [0.25, 0.3) is 0 Å². The smallest absolute Gasteiger partial charge is 0.370 e. The number of carboxylic acid groups (broad SMARTS) is 1. The zero-order valence-electron chi connectivity index (χ0n) is 7.97. The zero-order valence-corrected chi connectivity index (χ0v) is 8.78. The topological polar surface area (TPSA) is 116 Å². The van der Waals surface area contributed by atoms with Gasteiger partial charge in [-0.3, -0.25) is 9.59 Å². The molecule has 0 aromatic rings. The fraction of sp³-hybridized carbons (Fsp3) is 0.571. The lowest BCUT2D eigenvalue weighted by atomic mass is 10.4. The lowest BCUT2D eigenvalue weighted by Gasteiger charge is -2.05. The minimum Gasteiger partial charge on any atom is -0.480 e. The van der Waals surface area contributed by atoms with Gasteiger partial charge in [0.25, 0.3) is 0 Å². The Morgan fingerprint density at radius 3 is 2.47 bits per heavy atom. The summed E-state index contributed by atoms with van der Waals surface area (Å²) in [5.74, 6) is -1.88. The average molecular weight is 237 g/mol. The molecule has 0 bridgehead atoms. The maximum Gasteiger partial charge on any atom is 0.370 e. The van der Waals surface area contributed by atoms with Crippen LogP contribution in [0.4, 0.5) is 4.79 Å². The Bertz CT molecular complexity index is 256. The van der Waals surface area contributed by atoms with Gasteiger partial charge in [-0.15, -0.1) is 0 Å². The second kappa shape index (κ2) is 7.07. The largest absolute Gasteiger partial charge is 0.480 e. The molecule has 0 aliphatic heterocycles. The predicted molar refractivity (Wildman–Crippen MR) is 51.2 cm³/mol. The number of carbonyl (C=O) groups is 3. The number of rotatable bonds is 5. The molecule has 0 saturated carbocycles. The number of aliphatic carboxylic acids is 1. The van der Waals surface area contributed by atoms with E-state index >= 15 is 0 Å². The lowest BCUT2D eigenvalue weighted by molar-refractivity contribution is -0.148. The Morgan fingerprint density at radius 2 is 2.00 bits per heavy atom. The second-order valence-corrected chi connectivity index (χ2v) is 3.36. The molecular formula is C7H11NO6S. The van der Waals surface area contributed by atoms with Crippen LogP contribution in [0.2, 0.25) is 0 Å². The fourth-order valence-electron chi connectivity index (χ4n) is 0.431. The summed E-state index contributed by atoms with van der Waals surface area (Å²) >= 11 is 0.606. The van der Waals surface area contributed by atoms with E-state index in [1.807, 2.05) is 0 Å². The normalized spacial score (nSPS) is 11.6. The average Bonchev–Trinajstić information content (AvgIpc) is 2.13. The van der Waals surface area contributed by atoms with Gasteiger partial charge in [0.05, 0.1) is 0 Å². The Morgan fingerprint density at radius 1 is 1.40 bits per heavy atom. The van der Waals surface area contributed by atoms with Crippen molar-refractivity contribution >= 4 is 29.0 Å². The number of carboxylic acids is 1. The van der Waals surface area contributed by atoms with Crippen molar-refractivity contribution in [3.63, 3.8) is 0 Å². The van der Waals surface area contributed by atoms with E-state index in [0.29, 0.717) is 11.8 Å². The molecule has 86 valence electrons. The number of carbonyl (C=O) groups excluding carboxylic acids is 2. The molecule has 0 saturated heterocycles. The molecule has 3 N–H and O–H groups in total. The van der Waals surface area contributed by atoms with Crippen LogP contribution < -0.4 is 5.73 Å². The molecular weight excluding hydrogens is 226 g/mol. The standard InChI is InChI=1S/C7H11NO6S/c1-4(9)13-3-14-7(12)15-2-5(8)6(10)11/h5H,2-3,8H2,1H3,(H,10,11)/t5-/m0/s1. The van der Waals surface area contributed by atoms with Crippen molar-refractivity contribution in [2.75, 3.05) is 12.5 Å². The van der Waals surface area contributed by atoms with E-state index in [2.05, 4.69) is 9.47 Å². The van der Waals surface area contributed by atoms with Crippen molar-refractivity contribution in [1.82, 2.24) is 0 Å². The van der Waals surface area contributed by atoms with Gasteiger partial charge in [0.2, 0.25) is 6.79 Å². The molecule has 0 amide bonds. The minimum absolute atomic E-state index is 0.103. The highest BCUT2D eigenvalue weighted by molar-refractivity contribution is 8.13. The third-order valence-corrected chi connectivity index (χ3v) is 2.02. The van der Waals surface area contributed by atoms with Gasteiger partial charge < -0.3 is 20.3 Å². The first-order chi connectivity index (χ1) is 6.93. The quantitative estimate of drug-likeness (QED) is 0.498. The number of esters is 1. The number of hydrogen-bond donors (Lipinski definition) is 2. The van der Waals surface area contributed by atoms with E-state index in [1.165, 1.54) is 6.92 Å². The molecule has 0 aliphatic carbocycles. The molecule has 0 aromatic heterocycles. The van der Waals surface area contributed by atoms with Crippen LogP contribution in [0.1, 0.15) is 6.92 Å². The molecule has 0 fully saturated rings. The minimum atomic E-state index is -1.20. The Labute approximate surface area is 89.9 Å². The van der Waals surface area contributed by atoms with Crippen LogP contribution >= 0.6 is 11.8 Å². The summed E-state index contributed by atoms with van der Waals surface area (Å²) in [7, 11) is 0. The zero-order chi connectivity index (χ0) is 11.8. The molecule has 0 rings (SSSR count). The Balaban J connectivity index is 3.57. The first kappa shape index (κ1) is 13.7. The van der Waals surface area contributed by atoms with E-state index in [1.54, 1.807) is 0 Å². The van der Waals surface area contributed by atoms with Gasteiger partial charge in [0.15, 0.2) is 0 Å². The van der Waals surface area contributed by atoms with E-state index in [4.69, 9.17) is 10.8 Å². The van der Waals surface area contributed by atoms with Crippen LogP contribution in [0.5, 0.6) is 0 Å². The number of thioether (sulfide) groups is 1. The number of nitrogens with two attached hydrogens (primary N) is 1. The number of ether oxygens (including phenoxy) is 2. The Kier molecular flexibility index (Phi) is 6.47. The van der Waals surface area contributed by atoms with Gasteiger partial charge in [-0.05, 0) is 11.8 Å². The van der Waals surface area contributed by atoms with Crippen molar-refractivity contribution in [3.8, 4) is 0 Å². The van der Waals surface area contributed by atoms with Crippen molar-refractivity contribution < 1.29 is 29.0 Å². The van der Waals surface area contributed by atoms with Crippen molar-refractivity contribution in [1.29, 1.82) is 0 Å². The third-order valence-electron chi connectivity index (χ3n) is 1.14. The first-order valence-electron chi connectivity index (χ1n) is 3.84. The lowest BCUT2D eigenvalue weighted by Crippen LogP contribution is -2.33. The molecule has 0 radical (unpaired) electrons. The summed E-state index contributed by atoms with van der Waals surface area (Å²) in [4.78, 5) is 31.4. The van der Waals surface area contributed by atoms with E-state index in [9.17, 15) is 14.4 Å². The number of hydrogen-bond acceptors (Lipinski definition) is 7. The summed E-state index contributed by atoms with van der Waals surface area (Å²) in [6.07, 6.45) is 0. The molecule has 0 spiro atoms. The Hall–Kier alpha value is -1.28. The van der Waals surface area contributed by atoms with Gasteiger partial charge >= 0.3 is 17.2 Å². The highest BCUT2D eigenvalue weighted by Crippen LogP contribution is 2.06. The van der Waals surface area contributed by atoms with Crippen molar-refractivity contribution in [3.05, 3.63) is 0 Å². The van der Waals surface area contributed by atoms with Gasteiger partial charge in [0, 0.05) is 12.7 Å². The third kappa shape index (κ3) is 7.77. The fourth-order valence-corrected chi connectivity index (χ4v) is 1.02. The van der Waals surface area contributed by atoms with Gasteiger partial charge in [-0.2, -0.15) is 0 Å². The highest BCUT2D eigenvalue weighted by atomic mass is 32.2. The van der Waals surface area contributed by atoms with Crippen LogP contribution in [-0.2, 0) is 19.1 Å². The molecule has 1 atom stereocenters. The van der Waals surface area contributed by atoms with Crippen LogP contribution in [0, 0.1) is 0 Å². The highest BCUT2D eigenvalue weighted by Gasteiger charge is 2.14. The maximum absolute atomic E-state index is 10.9. The molecule has 0 aromatic carbocycles. The SMILES string of the molecule is CC(=O)OCOC(=O)SC[C@H](N)C(=O)O. The van der Waals surface area contributed by atoms with E-state index in [0.717, 1.165) is 0 Å².